The molecule has 1 aliphatic heterocycles. The van der Waals surface area contributed by atoms with Crippen LogP contribution in [0.4, 0.5) is 0 Å². The van der Waals surface area contributed by atoms with Gasteiger partial charge in [-0.2, -0.15) is 12.6 Å². The molecule has 3 heteroatoms. The summed E-state index contributed by atoms with van der Waals surface area (Å²) < 4.78 is 5.45. The molecule has 90 valence electrons. The predicted octanol–water partition coefficient (Wildman–Crippen LogP) is 2.44. The lowest BCUT2D eigenvalue weighted by Gasteiger charge is -2.38. The molecule has 0 radical (unpaired) electrons. The first-order valence-corrected chi connectivity index (χ1v) is 6.74. The fourth-order valence-electron chi connectivity index (χ4n) is 2.03. The minimum atomic E-state index is 0.600. The molecule has 0 N–H and O–H groups in total. The van der Waals surface area contributed by atoms with Crippen molar-refractivity contribution in [3.05, 3.63) is 0 Å². The van der Waals surface area contributed by atoms with Crippen LogP contribution in [0, 0.1) is 5.41 Å². The summed E-state index contributed by atoms with van der Waals surface area (Å²) in [6, 6.07) is 0. The highest BCUT2D eigenvalue weighted by atomic mass is 32.1. The van der Waals surface area contributed by atoms with Crippen LogP contribution in [0.5, 0.6) is 0 Å². The van der Waals surface area contributed by atoms with Gasteiger partial charge in [-0.3, -0.25) is 0 Å². The first kappa shape index (κ1) is 13.3. The molecule has 0 aromatic carbocycles. The van der Waals surface area contributed by atoms with Crippen molar-refractivity contribution in [2.45, 2.75) is 33.1 Å². The van der Waals surface area contributed by atoms with Crippen LogP contribution in [0.2, 0.25) is 0 Å². The predicted molar refractivity (Wildman–Crippen MR) is 68.7 cm³/mol. The van der Waals surface area contributed by atoms with E-state index >= 15 is 0 Å². The zero-order chi connectivity index (χ0) is 11.1. The van der Waals surface area contributed by atoms with Gasteiger partial charge in [-0.05, 0) is 31.3 Å². The molecule has 0 aromatic rings. The van der Waals surface area contributed by atoms with Crippen LogP contribution in [0.1, 0.15) is 33.1 Å². The number of hydrogen-bond donors (Lipinski definition) is 1. The highest BCUT2D eigenvalue weighted by Crippen LogP contribution is 2.33. The SMILES string of the molecule is CCC1(C)CCN(CCOCCS)CC1. The van der Waals surface area contributed by atoms with E-state index in [1.54, 1.807) is 0 Å². The molecule has 1 saturated heterocycles. The number of thiol groups is 1. The van der Waals surface area contributed by atoms with Gasteiger partial charge >= 0.3 is 0 Å². The van der Waals surface area contributed by atoms with Gasteiger partial charge in [0, 0.05) is 12.3 Å². The Morgan fingerprint density at radius 2 is 1.93 bits per heavy atom. The van der Waals surface area contributed by atoms with Crippen molar-refractivity contribution in [2.24, 2.45) is 5.41 Å². The third-order valence-electron chi connectivity index (χ3n) is 3.70. The third-order valence-corrected chi connectivity index (χ3v) is 3.89. The molecule has 2 nitrogen and oxygen atoms in total. The summed E-state index contributed by atoms with van der Waals surface area (Å²) in [6.45, 7) is 9.96. The lowest BCUT2D eigenvalue weighted by Crippen LogP contribution is -2.40. The molecular weight excluding hydrogens is 206 g/mol. The number of hydrogen-bond acceptors (Lipinski definition) is 3. The maximum absolute atomic E-state index is 5.45. The van der Waals surface area contributed by atoms with Gasteiger partial charge in [0.15, 0.2) is 0 Å². The summed E-state index contributed by atoms with van der Waals surface area (Å²) in [4.78, 5) is 2.52. The van der Waals surface area contributed by atoms with Crippen molar-refractivity contribution in [1.82, 2.24) is 4.90 Å². The third kappa shape index (κ3) is 4.75. The molecule has 1 fully saturated rings. The van der Waals surface area contributed by atoms with Gasteiger partial charge in [0.1, 0.15) is 0 Å². The van der Waals surface area contributed by atoms with E-state index in [4.69, 9.17) is 4.74 Å². The standard InChI is InChI=1S/C12H25NOS/c1-3-12(2)4-6-13(7-5-12)8-9-14-10-11-15/h15H,3-11H2,1-2H3. The zero-order valence-electron chi connectivity index (χ0n) is 10.2. The van der Waals surface area contributed by atoms with Crippen molar-refractivity contribution in [3.8, 4) is 0 Å². The molecule has 0 spiro atoms. The second kappa shape index (κ2) is 6.77. The van der Waals surface area contributed by atoms with Crippen LogP contribution in [-0.2, 0) is 4.74 Å². The molecule has 0 unspecified atom stereocenters. The Kier molecular flexibility index (Phi) is 6.02. The molecule has 1 aliphatic rings. The van der Waals surface area contributed by atoms with Gasteiger partial charge in [0.2, 0.25) is 0 Å². The molecule has 1 heterocycles. The Labute approximate surface area is 99.8 Å². The van der Waals surface area contributed by atoms with Gasteiger partial charge < -0.3 is 9.64 Å². The average molecular weight is 231 g/mol. The van der Waals surface area contributed by atoms with Crippen LogP contribution >= 0.6 is 12.6 Å². The van der Waals surface area contributed by atoms with E-state index in [0.717, 1.165) is 25.5 Å². The normalized spacial score (nSPS) is 21.8. The van der Waals surface area contributed by atoms with Crippen molar-refractivity contribution in [2.75, 3.05) is 38.6 Å². The summed E-state index contributed by atoms with van der Waals surface area (Å²) in [5, 5.41) is 0. The summed E-state index contributed by atoms with van der Waals surface area (Å²) >= 11 is 4.12. The summed E-state index contributed by atoms with van der Waals surface area (Å²) in [5.41, 5.74) is 0.600. The maximum Gasteiger partial charge on any atom is 0.0593 e. The van der Waals surface area contributed by atoms with Crippen LogP contribution in [0.3, 0.4) is 0 Å². The lowest BCUT2D eigenvalue weighted by molar-refractivity contribution is 0.0726. The molecular formula is C12H25NOS. The van der Waals surface area contributed by atoms with E-state index in [9.17, 15) is 0 Å². The van der Waals surface area contributed by atoms with Crippen molar-refractivity contribution in [1.29, 1.82) is 0 Å². The summed E-state index contributed by atoms with van der Waals surface area (Å²) in [6.07, 6.45) is 4.00. The zero-order valence-corrected chi connectivity index (χ0v) is 11.1. The van der Waals surface area contributed by atoms with Crippen molar-refractivity contribution in [3.63, 3.8) is 0 Å². The molecule has 0 atom stereocenters. The lowest BCUT2D eigenvalue weighted by atomic mass is 9.78. The van der Waals surface area contributed by atoms with Gasteiger partial charge in [-0.1, -0.05) is 20.3 Å². The Morgan fingerprint density at radius 3 is 2.47 bits per heavy atom. The second-order valence-electron chi connectivity index (χ2n) is 4.84. The van der Waals surface area contributed by atoms with Crippen LogP contribution < -0.4 is 0 Å². The van der Waals surface area contributed by atoms with E-state index < -0.39 is 0 Å². The van der Waals surface area contributed by atoms with Crippen molar-refractivity contribution < 1.29 is 4.74 Å². The monoisotopic (exact) mass is 231 g/mol. The van der Waals surface area contributed by atoms with Gasteiger partial charge in [0.25, 0.3) is 0 Å². The molecule has 1 rings (SSSR count). The quantitative estimate of drug-likeness (QED) is 0.557. The highest BCUT2D eigenvalue weighted by Gasteiger charge is 2.27. The average Bonchev–Trinajstić information content (AvgIpc) is 2.27. The van der Waals surface area contributed by atoms with Crippen molar-refractivity contribution >= 4 is 12.6 Å². The molecule has 0 aliphatic carbocycles. The van der Waals surface area contributed by atoms with E-state index in [2.05, 4.69) is 31.4 Å². The minimum absolute atomic E-state index is 0.600. The number of nitrogens with zero attached hydrogens (tertiary/aromatic N) is 1. The smallest absolute Gasteiger partial charge is 0.0593 e. The van der Waals surface area contributed by atoms with Crippen LogP contribution in [0.15, 0.2) is 0 Å². The fraction of sp³-hybridized carbons (Fsp3) is 1.00. The Bertz CT molecular complexity index is 167. The molecule has 0 saturated carbocycles. The maximum atomic E-state index is 5.45. The minimum Gasteiger partial charge on any atom is -0.379 e. The van der Waals surface area contributed by atoms with Gasteiger partial charge in [0.05, 0.1) is 13.2 Å². The number of ether oxygens (including phenoxy) is 1. The topological polar surface area (TPSA) is 12.5 Å². The first-order chi connectivity index (χ1) is 7.20. The fourth-order valence-corrected chi connectivity index (χ4v) is 2.16. The van der Waals surface area contributed by atoms with E-state index in [0.29, 0.717) is 5.41 Å². The molecule has 0 aromatic heterocycles. The second-order valence-corrected chi connectivity index (χ2v) is 5.29. The summed E-state index contributed by atoms with van der Waals surface area (Å²) in [5.74, 6) is 0.827. The summed E-state index contributed by atoms with van der Waals surface area (Å²) in [7, 11) is 0. The van der Waals surface area contributed by atoms with E-state index in [1.165, 1.54) is 32.4 Å². The van der Waals surface area contributed by atoms with Gasteiger partial charge in [-0.15, -0.1) is 0 Å². The van der Waals surface area contributed by atoms with E-state index in [1.807, 2.05) is 0 Å². The molecule has 0 amide bonds. The Balaban J connectivity index is 2.09. The van der Waals surface area contributed by atoms with Gasteiger partial charge in [-0.25, -0.2) is 0 Å². The van der Waals surface area contributed by atoms with E-state index in [-0.39, 0.29) is 0 Å². The Morgan fingerprint density at radius 1 is 1.27 bits per heavy atom. The first-order valence-electron chi connectivity index (χ1n) is 6.11. The molecule has 15 heavy (non-hydrogen) atoms. The van der Waals surface area contributed by atoms with Crippen LogP contribution in [0.25, 0.3) is 0 Å². The highest BCUT2D eigenvalue weighted by molar-refractivity contribution is 7.80. The largest absolute Gasteiger partial charge is 0.379 e. The molecule has 0 bridgehead atoms. The number of piperidine rings is 1. The number of likely N-dealkylation sites (tertiary alicyclic amines) is 1. The Hall–Kier alpha value is 0.270. The number of rotatable bonds is 6. The van der Waals surface area contributed by atoms with Crippen LogP contribution in [-0.4, -0.2) is 43.5 Å².